The third kappa shape index (κ3) is 3.81. The molecule has 0 spiro atoms. The van der Waals surface area contributed by atoms with Crippen LogP contribution in [0.1, 0.15) is 18.9 Å². The Morgan fingerprint density at radius 2 is 2.04 bits per heavy atom. The van der Waals surface area contributed by atoms with Gasteiger partial charge in [-0.05, 0) is 32.4 Å². The molecule has 2 heterocycles. The minimum atomic E-state index is -2.94. The Morgan fingerprint density at radius 1 is 1.29 bits per heavy atom. The highest BCUT2D eigenvalue weighted by Crippen LogP contribution is 2.23. The molecule has 3 rings (SSSR count). The summed E-state index contributed by atoms with van der Waals surface area (Å²) in [5, 5.41) is 11.1. The maximum absolute atomic E-state index is 11.7. The molecular weight excluding hydrogens is 326 g/mol. The van der Waals surface area contributed by atoms with Crippen LogP contribution >= 0.6 is 0 Å². The van der Waals surface area contributed by atoms with Gasteiger partial charge in [0.2, 0.25) is 5.95 Å². The molecule has 1 atom stereocenters. The smallest absolute Gasteiger partial charge is 0.249 e. The van der Waals surface area contributed by atoms with Gasteiger partial charge in [0, 0.05) is 18.3 Å². The van der Waals surface area contributed by atoms with Crippen molar-refractivity contribution in [2.24, 2.45) is 0 Å². The SMILES string of the molecule is CCN(c1cnnc(Nc2ccc(C)cc2)n1)C1CCS(=O)(=O)C1. The predicted octanol–water partition coefficient (Wildman–Crippen LogP) is 1.94. The molecule has 0 bridgehead atoms. The van der Waals surface area contributed by atoms with E-state index in [1.54, 1.807) is 6.20 Å². The zero-order valence-corrected chi connectivity index (χ0v) is 14.6. The average Bonchev–Trinajstić information content (AvgIpc) is 2.91. The van der Waals surface area contributed by atoms with E-state index >= 15 is 0 Å². The number of anilines is 3. The number of hydrogen-bond acceptors (Lipinski definition) is 7. The number of nitrogens with zero attached hydrogens (tertiary/aromatic N) is 4. The van der Waals surface area contributed by atoms with Gasteiger partial charge in [-0.1, -0.05) is 17.7 Å². The van der Waals surface area contributed by atoms with Gasteiger partial charge in [-0.2, -0.15) is 10.1 Å². The van der Waals surface area contributed by atoms with E-state index in [0.717, 1.165) is 5.69 Å². The van der Waals surface area contributed by atoms with Gasteiger partial charge in [-0.3, -0.25) is 0 Å². The summed E-state index contributed by atoms with van der Waals surface area (Å²) in [6.45, 7) is 4.68. The minimum absolute atomic E-state index is 0.0519. The van der Waals surface area contributed by atoms with Gasteiger partial charge in [0.25, 0.3) is 0 Å². The van der Waals surface area contributed by atoms with E-state index in [1.165, 1.54) is 5.56 Å². The number of rotatable bonds is 5. The zero-order valence-electron chi connectivity index (χ0n) is 13.8. The number of sulfone groups is 1. The summed E-state index contributed by atoms with van der Waals surface area (Å²) in [6, 6.07) is 7.85. The van der Waals surface area contributed by atoms with E-state index in [2.05, 4.69) is 20.5 Å². The topological polar surface area (TPSA) is 88.1 Å². The molecule has 1 unspecified atom stereocenters. The van der Waals surface area contributed by atoms with Crippen LogP contribution in [0.2, 0.25) is 0 Å². The molecule has 8 heteroatoms. The molecule has 0 radical (unpaired) electrons. The van der Waals surface area contributed by atoms with Crippen LogP contribution in [0.15, 0.2) is 30.5 Å². The molecule has 1 fully saturated rings. The van der Waals surface area contributed by atoms with Gasteiger partial charge in [0.15, 0.2) is 15.7 Å². The molecule has 1 aromatic heterocycles. The standard InChI is InChI=1S/C16H21N5O2S/c1-3-21(14-8-9-24(22,23)11-14)15-10-17-20-16(19-15)18-13-6-4-12(2)5-7-13/h4-7,10,14H,3,8-9,11H2,1-2H3,(H,18,19,20). The van der Waals surface area contributed by atoms with Crippen molar-refractivity contribution in [3.8, 4) is 0 Å². The summed E-state index contributed by atoms with van der Waals surface area (Å²) in [4.78, 5) is 6.49. The Morgan fingerprint density at radius 3 is 2.67 bits per heavy atom. The first-order valence-corrected chi connectivity index (χ1v) is 9.79. The van der Waals surface area contributed by atoms with E-state index in [-0.39, 0.29) is 17.5 Å². The second kappa shape index (κ2) is 6.72. The zero-order chi connectivity index (χ0) is 17.2. The highest BCUT2D eigenvalue weighted by molar-refractivity contribution is 7.91. The first-order valence-electron chi connectivity index (χ1n) is 7.97. The molecule has 7 nitrogen and oxygen atoms in total. The fraction of sp³-hybridized carbons (Fsp3) is 0.438. The summed E-state index contributed by atoms with van der Waals surface area (Å²) in [6.07, 6.45) is 2.20. The summed E-state index contributed by atoms with van der Waals surface area (Å²) in [5.41, 5.74) is 2.05. The maximum atomic E-state index is 11.7. The summed E-state index contributed by atoms with van der Waals surface area (Å²) in [5.74, 6) is 1.45. The lowest BCUT2D eigenvalue weighted by Crippen LogP contribution is -2.37. The molecule has 0 aliphatic carbocycles. The van der Waals surface area contributed by atoms with E-state index < -0.39 is 9.84 Å². The largest absolute Gasteiger partial charge is 0.351 e. The molecule has 1 aromatic carbocycles. The van der Waals surface area contributed by atoms with Crippen molar-refractivity contribution in [1.82, 2.24) is 15.2 Å². The van der Waals surface area contributed by atoms with E-state index in [0.29, 0.717) is 24.7 Å². The number of aromatic nitrogens is 3. The molecule has 0 amide bonds. The summed E-state index contributed by atoms with van der Waals surface area (Å²) < 4.78 is 23.5. The fourth-order valence-corrected chi connectivity index (χ4v) is 4.61. The molecule has 128 valence electrons. The normalized spacial score (nSPS) is 19.2. The maximum Gasteiger partial charge on any atom is 0.249 e. The van der Waals surface area contributed by atoms with Crippen LogP contribution in [0.3, 0.4) is 0 Å². The number of benzene rings is 1. The molecule has 1 aliphatic rings. The summed E-state index contributed by atoms with van der Waals surface area (Å²) in [7, 11) is -2.94. The van der Waals surface area contributed by atoms with Crippen molar-refractivity contribution < 1.29 is 8.42 Å². The number of nitrogens with one attached hydrogen (secondary N) is 1. The Kier molecular flexibility index (Phi) is 4.66. The lowest BCUT2D eigenvalue weighted by molar-refractivity contribution is 0.599. The molecule has 1 aliphatic heterocycles. The van der Waals surface area contributed by atoms with Crippen molar-refractivity contribution in [1.29, 1.82) is 0 Å². The second-order valence-corrected chi connectivity index (χ2v) is 8.20. The lowest BCUT2D eigenvalue weighted by atomic mass is 10.2. The quantitative estimate of drug-likeness (QED) is 0.884. The van der Waals surface area contributed by atoms with Gasteiger partial charge in [-0.25, -0.2) is 8.42 Å². The molecule has 0 saturated carbocycles. The second-order valence-electron chi connectivity index (χ2n) is 5.97. The average molecular weight is 347 g/mol. The molecule has 1 N–H and O–H groups in total. The fourth-order valence-electron chi connectivity index (χ4n) is 2.88. The molecule has 1 saturated heterocycles. The highest BCUT2D eigenvalue weighted by Gasteiger charge is 2.32. The van der Waals surface area contributed by atoms with E-state index in [4.69, 9.17) is 0 Å². The van der Waals surface area contributed by atoms with Crippen LogP contribution in [0, 0.1) is 6.92 Å². The Labute approximate surface area is 142 Å². The number of aryl methyl sites for hydroxylation is 1. The van der Waals surface area contributed by atoms with Crippen LogP contribution in [-0.4, -0.2) is 47.7 Å². The van der Waals surface area contributed by atoms with Crippen LogP contribution in [0.4, 0.5) is 17.5 Å². The predicted molar refractivity (Wildman–Crippen MR) is 94.4 cm³/mol. The third-order valence-electron chi connectivity index (χ3n) is 4.14. The van der Waals surface area contributed by atoms with Gasteiger partial charge >= 0.3 is 0 Å². The van der Waals surface area contributed by atoms with Crippen molar-refractivity contribution in [3.05, 3.63) is 36.0 Å². The van der Waals surface area contributed by atoms with Crippen LogP contribution in [0.5, 0.6) is 0 Å². The van der Waals surface area contributed by atoms with E-state index in [9.17, 15) is 8.42 Å². The third-order valence-corrected chi connectivity index (χ3v) is 5.89. The molecular formula is C16H21N5O2S. The van der Waals surface area contributed by atoms with Crippen molar-refractivity contribution in [3.63, 3.8) is 0 Å². The number of hydrogen-bond donors (Lipinski definition) is 1. The molecule has 24 heavy (non-hydrogen) atoms. The van der Waals surface area contributed by atoms with Crippen LogP contribution < -0.4 is 10.2 Å². The van der Waals surface area contributed by atoms with Crippen LogP contribution in [0.25, 0.3) is 0 Å². The van der Waals surface area contributed by atoms with Crippen molar-refractivity contribution in [2.45, 2.75) is 26.3 Å². The van der Waals surface area contributed by atoms with E-state index in [1.807, 2.05) is 43.0 Å². The van der Waals surface area contributed by atoms with Gasteiger partial charge in [0.05, 0.1) is 17.7 Å². The highest BCUT2D eigenvalue weighted by atomic mass is 32.2. The van der Waals surface area contributed by atoms with Crippen molar-refractivity contribution in [2.75, 3.05) is 28.3 Å². The van der Waals surface area contributed by atoms with Gasteiger partial charge < -0.3 is 10.2 Å². The van der Waals surface area contributed by atoms with Crippen molar-refractivity contribution >= 4 is 27.3 Å². The monoisotopic (exact) mass is 347 g/mol. The minimum Gasteiger partial charge on any atom is -0.351 e. The van der Waals surface area contributed by atoms with Crippen LogP contribution in [-0.2, 0) is 9.84 Å². The first-order chi connectivity index (χ1) is 11.5. The summed E-state index contributed by atoms with van der Waals surface area (Å²) >= 11 is 0. The first kappa shape index (κ1) is 16.6. The Bertz CT molecular complexity index is 807. The lowest BCUT2D eigenvalue weighted by Gasteiger charge is -2.27. The Balaban J connectivity index is 1.79. The van der Waals surface area contributed by atoms with Gasteiger partial charge in [0.1, 0.15) is 0 Å². The van der Waals surface area contributed by atoms with Gasteiger partial charge in [-0.15, -0.1) is 5.10 Å². The molecule has 2 aromatic rings. The Hall–Kier alpha value is -2.22.